The summed E-state index contributed by atoms with van der Waals surface area (Å²) in [6.07, 6.45) is 0. The van der Waals surface area contributed by atoms with Gasteiger partial charge < -0.3 is 10.1 Å². The summed E-state index contributed by atoms with van der Waals surface area (Å²) in [5, 5.41) is 3.39. The van der Waals surface area contributed by atoms with E-state index in [0.717, 1.165) is 16.3 Å². The van der Waals surface area contributed by atoms with Crippen LogP contribution in [0.1, 0.15) is 19.7 Å². The monoisotopic (exact) mass is 393 g/mol. The lowest BCUT2D eigenvalue weighted by Gasteiger charge is -2.15. The molecule has 0 aliphatic carbocycles. The lowest BCUT2D eigenvalue weighted by atomic mass is 10.1. The molecule has 5 nitrogen and oxygen atoms in total. The van der Waals surface area contributed by atoms with Crippen LogP contribution in [-0.2, 0) is 4.79 Å². The van der Waals surface area contributed by atoms with Crippen LogP contribution in [0.25, 0.3) is 11.3 Å². The lowest BCUT2D eigenvalue weighted by Crippen LogP contribution is -2.23. The zero-order valence-corrected chi connectivity index (χ0v) is 17.0. The number of ether oxygens (including phenoxy) is 1. The van der Waals surface area contributed by atoms with Crippen LogP contribution in [-0.4, -0.2) is 27.7 Å². The fourth-order valence-corrected chi connectivity index (χ4v) is 3.57. The van der Waals surface area contributed by atoms with E-state index in [1.807, 2.05) is 81.4 Å². The van der Waals surface area contributed by atoms with Gasteiger partial charge >= 0.3 is 0 Å². The van der Waals surface area contributed by atoms with Crippen LogP contribution in [0.2, 0.25) is 0 Å². The number of para-hydroxylation sites is 2. The van der Waals surface area contributed by atoms with Gasteiger partial charge in [0.15, 0.2) is 0 Å². The molecule has 0 fully saturated rings. The predicted octanol–water partition coefficient (Wildman–Crippen LogP) is 4.97. The molecule has 1 aromatic heterocycles. The van der Waals surface area contributed by atoms with Crippen molar-refractivity contribution in [2.75, 3.05) is 11.9 Å². The van der Waals surface area contributed by atoms with Gasteiger partial charge in [0.1, 0.15) is 16.6 Å². The Morgan fingerprint density at radius 1 is 1.11 bits per heavy atom. The molecule has 0 saturated heterocycles. The first-order chi connectivity index (χ1) is 13.6. The summed E-state index contributed by atoms with van der Waals surface area (Å²) < 4.78 is 5.57. The van der Waals surface area contributed by atoms with Gasteiger partial charge in [0.05, 0.1) is 23.2 Å². The van der Waals surface area contributed by atoms with Crippen molar-refractivity contribution < 1.29 is 9.53 Å². The topological polar surface area (TPSA) is 64.1 Å². The minimum absolute atomic E-state index is 0.102. The number of carbonyl (C=O) groups is 1. The molecule has 1 amide bonds. The molecule has 3 rings (SSSR count). The summed E-state index contributed by atoms with van der Waals surface area (Å²) in [4.78, 5) is 21.7. The maximum atomic E-state index is 12.7. The molecule has 0 aliphatic rings. The second kappa shape index (κ2) is 9.37. The van der Waals surface area contributed by atoms with E-state index in [9.17, 15) is 4.79 Å². The van der Waals surface area contributed by atoms with Gasteiger partial charge in [0.25, 0.3) is 0 Å². The van der Waals surface area contributed by atoms with Crippen molar-refractivity contribution in [1.82, 2.24) is 9.97 Å². The number of hydrogen-bond donors (Lipinski definition) is 1. The Hall–Kier alpha value is -2.86. The lowest BCUT2D eigenvalue weighted by molar-refractivity contribution is -0.115. The van der Waals surface area contributed by atoms with Gasteiger partial charge in [-0.05, 0) is 39.0 Å². The number of hydrogen-bond acceptors (Lipinski definition) is 5. The number of amides is 1. The molecular weight excluding hydrogens is 370 g/mol. The first kappa shape index (κ1) is 19.9. The Balaban J connectivity index is 1.73. The number of carbonyl (C=O) groups excluding carboxylic acids is 1. The van der Waals surface area contributed by atoms with E-state index in [-0.39, 0.29) is 11.2 Å². The average Bonchev–Trinajstić information content (AvgIpc) is 2.70. The van der Waals surface area contributed by atoms with Crippen LogP contribution in [0.15, 0.2) is 65.7 Å². The summed E-state index contributed by atoms with van der Waals surface area (Å²) >= 11 is 1.41. The van der Waals surface area contributed by atoms with Gasteiger partial charge in [-0.15, -0.1) is 0 Å². The van der Waals surface area contributed by atoms with E-state index in [4.69, 9.17) is 4.74 Å². The Morgan fingerprint density at radius 2 is 1.82 bits per heavy atom. The highest BCUT2D eigenvalue weighted by Crippen LogP contribution is 2.28. The Morgan fingerprint density at radius 3 is 2.57 bits per heavy atom. The molecule has 3 aromatic rings. The molecule has 144 valence electrons. The zero-order chi connectivity index (χ0) is 19.9. The van der Waals surface area contributed by atoms with E-state index in [2.05, 4.69) is 15.3 Å². The van der Waals surface area contributed by atoms with Crippen molar-refractivity contribution in [2.24, 2.45) is 0 Å². The summed E-state index contributed by atoms with van der Waals surface area (Å²) in [6.45, 7) is 6.18. The van der Waals surface area contributed by atoms with Gasteiger partial charge in [-0.2, -0.15) is 0 Å². The summed E-state index contributed by atoms with van der Waals surface area (Å²) in [6, 6.07) is 19.3. The summed E-state index contributed by atoms with van der Waals surface area (Å²) in [7, 11) is 0. The van der Waals surface area contributed by atoms with Gasteiger partial charge in [0.2, 0.25) is 5.91 Å². The maximum absolute atomic E-state index is 12.7. The fraction of sp³-hybridized carbons (Fsp3) is 0.227. The van der Waals surface area contributed by atoms with Crippen molar-refractivity contribution >= 4 is 23.4 Å². The van der Waals surface area contributed by atoms with Crippen molar-refractivity contribution in [3.05, 3.63) is 66.5 Å². The molecule has 1 N–H and O–H groups in total. The molecule has 0 aliphatic heterocycles. The normalized spacial score (nSPS) is 11.7. The number of aryl methyl sites for hydroxylation is 1. The molecule has 0 spiro atoms. The minimum Gasteiger partial charge on any atom is -0.492 e. The average molecular weight is 394 g/mol. The van der Waals surface area contributed by atoms with Crippen molar-refractivity contribution in [1.29, 1.82) is 0 Å². The number of benzene rings is 2. The van der Waals surface area contributed by atoms with Gasteiger partial charge in [-0.3, -0.25) is 4.79 Å². The van der Waals surface area contributed by atoms with E-state index < -0.39 is 0 Å². The second-order valence-electron chi connectivity index (χ2n) is 6.18. The first-order valence-corrected chi connectivity index (χ1v) is 10.0. The molecule has 1 heterocycles. The summed E-state index contributed by atoms with van der Waals surface area (Å²) in [5.74, 6) is 1.24. The number of nitrogens with zero attached hydrogens (tertiary/aromatic N) is 2. The number of anilines is 1. The number of thioether (sulfide) groups is 1. The third kappa shape index (κ3) is 5.10. The second-order valence-corrected chi connectivity index (χ2v) is 7.54. The highest BCUT2D eigenvalue weighted by Gasteiger charge is 2.18. The van der Waals surface area contributed by atoms with Crippen LogP contribution >= 0.6 is 11.8 Å². The molecule has 1 atom stereocenters. The SMILES string of the molecule is CCOc1ccccc1NC(=O)[C@H](C)Sc1cc(-c2ccccc2)nc(C)n1. The van der Waals surface area contributed by atoms with Gasteiger partial charge in [0, 0.05) is 5.56 Å². The zero-order valence-electron chi connectivity index (χ0n) is 16.2. The van der Waals surface area contributed by atoms with E-state index in [1.54, 1.807) is 0 Å². The standard InChI is InChI=1S/C22H23N3O2S/c1-4-27-20-13-9-8-12-18(20)25-22(26)15(2)28-21-14-19(23-16(3)24-21)17-10-6-5-7-11-17/h5-15H,4H2,1-3H3,(H,25,26)/t15-/m0/s1. The largest absolute Gasteiger partial charge is 0.492 e. The molecule has 28 heavy (non-hydrogen) atoms. The molecule has 0 bridgehead atoms. The Bertz CT molecular complexity index is 948. The molecule has 6 heteroatoms. The predicted molar refractivity (Wildman–Crippen MR) is 114 cm³/mol. The van der Waals surface area contributed by atoms with Crippen LogP contribution in [0, 0.1) is 6.92 Å². The van der Waals surface area contributed by atoms with Crippen molar-refractivity contribution in [3.63, 3.8) is 0 Å². The fourth-order valence-electron chi connectivity index (χ4n) is 2.68. The number of nitrogens with one attached hydrogen (secondary N) is 1. The quantitative estimate of drug-likeness (QED) is 0.453. The smallest absolute Gasteiger partial charge is 0.237 e. The molecule has 0 radical (unpaired) electrons. The van der Waals surface area contributed by atoms with Crippen LogP contribution < -0.4 is 10.1 Å². The molecule has 0 saturated carbocycles. The highest BCUT2D eigenvalue weighted by atomic mass is 32.2. The van der Waals surface area contributed by atoms with Gasteiger partial charge in [-0.1, -0.05) is 54.2 Å². The number of aromatic nitrogens is 2. The third-order valence-corrected chi connectivity index (χ3v) is 5.01. The van der Waals surface area contributed by atoms with E-state index in [1.165, 1.54) is 11.8 Å². The van der Waals surface area contributed by atoms with Crippen LogP contribution in [0.5, 0.6) is 5.75 Å². The van der Waals surface area contributed by atoms with Crippen LogP contribution in [0.4, 0.5) is 5.69 Å². The minimum atomic E-state index is -0.326. The number of rotatable bonds is 7. The first-order valence-electron chi connectivity index (χ1n) is 9.17. The Kier molecular flexibility index (Phi) is 6.66. The maximum Gasteiger partial charge on any atom is 0.237 e. The highest BCUT2D eigenvalue weighted by molar-refractivity contribution is 8.00. The molecule has 0 unspecified atom stereocenters. The van der Waals surface area contributed by atoms with Crippen LogP contribution in [0.3, 0.4) is 0 Å². The third-order valence-electron chi connectivity index (χ3n) is 4.00. The molecular formula is C22H23N3O2S. The molecule has 2 aromatic carbocycles. The van der Waals surface area contributed by atoms with Crippen molar-refractivity contribution in [3.8, 4) is 17.0 Å². The van der Waals surface area contributed by atoms with E-state index in [0.29, 0.717) is 23.9 Å². The van der Waals surface area contributed by atoms with Crippen molar-refractivity contribution in [2.45, 2.75) is 31.0 Å². The Labute approximate surface area is 169 Å². The summed E-state index contributed by atoms with van der Waals surface area (Å²) in [5.41, 5.74) is 2.55. The van der Waals surface area contributed by atoms with Gasteiger partial charge in [-0.25, -0.2) is 9.97 Å². The van der Waals surface area contributed by atoms with E-state index >= 15 is 0 Å².